The molecule has 2 aromatic rings. The summed E-state index contributed by atoms with van der Waals surface area (Å²) >= 11 is 0. The Balaban J connectivity index is 1.96. The highest BCUT2D eigenvalue weighted by Crippen LogP contribution is 2.28. The number of ether oxygens (including phenoxy) is 3. The van der Waals surface area contributed by atoms with E-state index >= 15 is 0 Å². The molecule has 1 N–H and O–H groups in total. The Morgan fingerprint density at radius 2 is 1.89 bits per heavy atom. The van der Waals surface area contributed by atoms with Gasteiger partial charge in [0.2, 0.25) is 5.91 Å². The van der Waals surface area contributed by atoms with Crippen molar-refractivity contribution in [1.82, 2.24) is 9.80 Å². The van der Waals surface area contributed by atoms with Crippen molar-refractivity contribution >= 4 is 17.5 Å². The van der Waals surface area contributed by atoms with Crippen molar-refractivity contribution in [2.24, 2.45) is 5.92 Å². The van der Waals surface area contributed by atoms with Gasteiger partial charge in [-0.3, -0.25) is 14.5 Å². The predicted octanol–water partition coefficient (Wildman–Crippen LogP) is 4.05. The van der Waals surface area contributed by atoms with Crippen molar-refractivity contribution in [2.75, 3.05) is 46.3 Å². The van der Waals surface area contributed by atoms with Crippen LogP contribution < -0.4 is 14.8 Å². The molecule has 3 rings (SSSR count). The van der Waals surface area contributed by atoms with Crippen LogP contribution in [0, 0.1) is 5.92 Å². The number of anilines is 1. The zero-order valence-corrected chi connectivity index (χ0v) is 22.2. The van der Waals surface area contributed by atoms with Crippen molar-refractivity contribution < 1.29 is 23.8 Å². The fourth-order valence-electron chi connectivity index (χ4n) is 4.45. The highest BCUT2D eigenvalue weighted by atomic mass is 16.5. The summed E-state index contributed by atoms with van der Waals surface area (Å²) in [6.07, 6.45) is 0.226. The van der Waals surface area contributed by atoms with E-state index in [0.29, 0.717) is 43.1 Å². The number of fused-ring (bicyclic) bond motifs is 1. The number of hydrogen-bond acceptors (Lipinski definition) is 6. The Kier molecular flexibility index (Phi) is 9.73. The summed E-state index contributed by atoms with van der Waals surface area (Å²) < 4.78 is 17.7. The Labute approximate surface area is 214 Å². The van der Waals surface area contributed by atoms with Gasteiger partial charge in [-0.15, -0.1) is 0 Å². The second kappa shape index (κ2) is 12.7. The molecule has 0 saturated heterocycles. The number of nitrogens with zero attached hydrogens (tertiary/aromatic N) is 2. The number of amides is 2. The van der Waals surface area contributed by atoms with Crippen LogP contribution in [0.1, 0.15) is 43.1 Å². The van der Waals surface area contributed by atoms with Gasteiger partial charge in [-0.05, 0) is 31.0 Å². The normalized spacial score (nSPS) is 21.6. The van der Waals surface area contributed by atoms with Gasteiger partial charge >= 0.3 is 0 Å². The SMILES string of the molecule is CCC(=O)Nc1ccc2c(c1)OC[C@@H](C)N(Cc1ccccc1OC)C[C@@H](C)[C@H](OC)CN(C)C2=O. The molecule has 0 fully saturated rings. The van der Waals surface area contributed by atoms with Gasteiger partial charge in [0, 0.05) is 63.6 Å². The van der Waals surface area contributed by atoms with E-state index in [4.69, 9.17) is 14.2 Å². The summed E-state index contributed by atoms with van der Waals surface area (Å²) in [6.45, 7) is 8.31. The minimum Gasteiger partial charge on any atom is -0.496 e. The summed E-state index contributed by atoms with van der Waals surface area (Å²) in [7, 11) is 5.15. The molecular formula is C28H39N3O5. The molecule has 0 unspecified atom stereocenters. The molecule has 2 amide bonds. The summed E-state index contributed by atoms with van der Waals surface area (Å²) in [5.41, 5.74) is 2.15. The van der Waals surface area contributed by atoms with Gasteiger partial charge in [0.15, 0.2) is 0 Å². The molecule has 8 heteroatoms. The summed E-state index contributed by atoms with van der Waals surface area (Å²) in [5.74, 6) is 1.21. The van der Waals surface area contributed by atoms with E-state index in [1.807, 2.05) is 18.2 Å². The number of carbonyl (C=O) groups excluding carboxylic acids is 2. The Bertz CT molecular complexity index is 1040. The number of hydrogen-bond donors (Lipinski definition) is 1. The van der Waals surface area contributed by atoms with Crippen LogP contribution in [-0.2, 0) is 16.1 Å². The molecule has 36 heavy (non-hydrogen) atoms. The quantitative estimate of drug-likeness (QED) is 0.649. The molecule has 8 nitrogen and oxygen atoms in total. The summed E-state index contributed by atoms with van der Waals surface area (Å²) in [4.78, 5) is 29.3. The average molecular weight is 498 g/mol. The van der Waals surface area contributed by atoms with Crippen LogP contribution in [0.4, 0.5) is 5.69 Å². The van der Waals surface area contributed by atoms with E-state index < -0.39 is 0 Å². The molecule has 0 aliphatic carbocycles. The molecule has 1 heterocycles. The van der Waals surface area contributed by atoms with Crippen LogP contribution in [0.25, 0.3) is 0 Å². The molecule has 0 saturated carbocycles. The van der Waals surface area contributed by atoms with Crippen molar-refractivity contribution in [1.29, 1.82) is 0 Å². The van der Waals surface area contributed by atoms with Crippen molar-refractivity contribution in [2.45, 2.75) is 45.9 Å². The molecule has 2 aromatic carbocycles. The molecular weight excluding hydrogens is 458 g/mol. The van der Waals surface area contributed by atoms with Crippen LogP contribution in [0.2, 0.25) is 0 Å². The van der Waals surface area contributed by atoms with Crippen molar-refractivity contribution in [3.05, 3.63) is 53.6 Å². The van der Waals surface area contributed by atoms with E-state index in [1.165, 1.54) is 0 Å². The van der Waals surface area contributed by atoms with E-state index in [2.05, 4.69) is 30.1 Å². The lowest BCUT2D eigenvalue weighted by atomic mass is 10.0. The number of nitrogens with one attached hydrogen (secondary N) is 1. The third-order valence-electron chi connectivity index (χ3n) is 6.75. The third-order valence-corrected chi connectivity index (χ3v) is 6.75. The average Bonchev–Trinajstić information content (AvgIpc) is 2.89. The van der Waals surface area contributed by atoms with E-state index in [1.54, 1.807) is 51.3 Å². The molecule has 0 radical (unpaired) electrons. The maximum Gasteiger partial charge on any atom is 0.257 e. The van der Waals surface area contributed by atoms with Crippen LogP contribution in [0.3, 0.4) is 0 Å². The van der Waals surface area contributed by atoms with E-state index in [9.17, 15) is 9.59 Å². The molecule has 196 valence electrons. The molecule has 1 aliphatic rings. The van der Waals surface area contributed by atoms with Gasteiger partial charge in [0.1, 0.15) is 18.1 Å². The van der Waals surface area contributed by atoms with Gasteiger partial charge in [-0.25, -0.2) is 0 Å². The minimum absolute atomic E-state index is 0.0314. The first kappa shape index (κ1) is 27.5. The fraction of sp³-hybridized carbons (Fsp3) is 0.500. The lowest BCUT2D eigenvalue weighted by Gasteiger charge is -2.36. The molecule has 0 aromatic heterocycles. The first-order valence-corrected chi connectivity index (χ1v) is 12.5. The van der Waals surface area contributed by atoms with Gasteiger partial charge < -0.3 is 24.4 Å². The highest BCUT2D eigenvalue weighted by molar-refractivity contribution is 5.98. The Morgan fingerprint density at radius 1 is 1.14 bits per heavy atom. The largest absolute Gasteiger partial charge is 0.496 e. The number of para-hydroxylation sites is 1. The van der Waals surface area contributed by atoms with Crippen LogP contribution in [0.5, 0.6) is 11.5 Å². The van der Waals surface area contributed by atoms with Crippen LogP contribution >= 0.6 is 0 Å². The maximum absolute atomic E-state index is 13.3. The predicted molar refractivity (Wildman–Crippen MR) is 141 cm³/mol. The summed E-state index contributed by atoms with van der Waals surface area (Å²) in [5, 5.41) is 2.85. The van der Waals surface area contributed by atoms with Gasteiger partial charge in [0.05, 0.1) is 18.8 Å². The Morgan fingerprint density at radius 3 is 2.58 bits per heavy atom. The standard InChI is InChI=1S/C28H39N3O5/c1-7-27(32)29-22-12-13-23-25(14-22)36-18-20(3)31(16-21-10-8-9-11-24(21)34-5)15-19(2)26(35-6)17-30(4)28(23)33/h8-14,19-20,26H,7,15-18H2,1-6H3,(H,29,32)/t19-,20-,26-/m1/s1. The lowest BCUT2D eigenvalue weighted by Crippen LogP contribution is -2.46. The second-order valence-corrected chi connectivity index (χ2v) is 9.45. The van der Waals surface area contributed by atoms with Crippen LogP contribution in [0.15, 0.2) is 42.5 Å². The lowest BCUT2D eigenvalue weighted by molar-refractivity contribution is -0.115. The van der Waals surface area contributed by atoms with Crippen molar-refractivity contribution in [3.8, 4) is 11.5 Å². The monoisotopic (exact) mass is 497 g/mol. The van der Waals surface area contributed by atoms with Crippen molar-refractivity contribution in [3.63, 3.8) is 0 Å². The molecule has 1 aliphatic heterocycles. The van der Waals surface area contributed by atoms with E-state index in [-0.39, 0.29) is 29.9 Å². The zero-order chi connectivity index (χ0) is 26.2. The topological polar surface area (TPSA) is 80.3 Å². The van der Waals surface area contributed by atoms with E-state index in [0.717, 1.165) is 17.9 Å². The summed E-state index contributed by atoms with van der Waals surface area (Å²) in [6, 6.07) is 13.2. The first-order valence-electron chi connectivity index (χ1n) is 12.5. The smallest absolute Gasteiger partial charge is 0.257 e. The fourth-order valence-corrected chi connectivity index (χ4v) is 4.45. The number of carbonyl (C=O) groups is 2. The molecule has 3 atom stereocenters. The number of benzene rings is 2. The molecule has 0 spiro atoms. The van der Waals surface area contributed by atoms with Gasteiger partial charge in [-0.1, -0.05) is 32.0 Å². The Hall–Kier alpha value is -3.10. The first-order chi connectivity index (χ1) is 17.3. The number of likely N-dealkylation sites (N-methyl/N-ethyl adjacent to an activating group) is 1. The van der Waals surface area contributed by atoms with Gasteiger partial charge in [-0.2, -0.15) is 0 Å². The number of methoxy groups -OCH3 is 2. The van der Waals surface area contributed by atoms with Crippen LogP contribution in [-0.4, -0.2) is 74.7 Å². The van der Waals surface area contributed by atoms with Gasteiger partial charge in [0.25, 0.3) is 5.91 Å². The molecule has 0 bridgehead atoms. The maximum atomic E-state index is 13.3. The number of rotatable bonds is 6. The zero-order valence-electron chi connectivity index (χ0n) is 22.2. The highest BCUT2D eigenvalue weighted by Gasteiger charge is 2.29. The minimum atomic E-state index is -0.147. The second-order valence-electron chi connectivity index (χ2n) is 9.45. The third kappa shape index (κ3) is 6.77.